The van der Waals surface area contributed by atoms with Gasteiger partial charge >= 0.3 is 0 Å². The molecular formula is C19H16N8O. The first-order chi connectivity index (χ1) is 13.7. The minimum atomic E-state index is -0.0904. The molecular weight excluding hydrogens is 356 g/mol. The Morgan fingerprint density at radius 3 is 2.96 bits per heavy atom. The van der Waals surface area contributed by atoms with Crippen molar-refractivity contribution in [3.63, 3.8) is 0 Å². The van der Waals surface area contributed by atoms with Gasteiger partial charge in [-0.15, -0.1) is 5.10 Å². The van der Waals surface area contributed by atoms with Crippen molar-refractivity contribution < 1.29 is 0 Å². The van der Waals surface area contributed by atoms with Gasteiger partial charge < -0.3 is 10.7 Å². The van der Waals surface area contributed by atoms with Crippen LogP contribution in [0.1, 0.15) is 16.7 Å². The zero-order chi connectivity index (χ0) is 19.1. The highest BCUT2D eigenvalue weighted by Crippen LogP contribution is 2.19. The molecule has 9 heteroatoms. The molecule has 0 aliphatic rings. The monoisotopic (exact) mass is 372 g/mol. The lowest BCUT2D eigenvalue weighted by molar-refractivity contribution is 0.687. The number of benzene rings is 1. The highest BCUT2D eigenvalue weighted by Gasteiger charge is 2.10. The number of hydrogen-bond donors (Lipinski definition) is 3. The van der Waals surface area contributed by atoms with E-state index in [1.165, 1.54) is 0 Å². The van der Waals surface area contributed by atoms with Gasteiger partial charge in [-0.1, -0.05) is 12.1 Å². The third-order valence-corrected chi connectivity index (χ3v) is 4.66. The van der Waals surface area contributed by atoms with Crippen molar-refractivity contribution in [2.24, 2.45) is 0 Å². The maximum atomic E-state index is 12.0. The molecule has 28 heavy (non-hydrogen) atoms. The SMILES string of the molecule is Nc1cc(Cc2cnn(Cc3ccc4cc[nH]c(=O)c4c3)c2)c2n[nH]nc2n1. The summed E-state index contributed by atoms with van der Waals surface area (Å²) in [6.07, 6.45) is 6.06. The predicted molar refractivity (Wildman–Crippen MR) is 105 cm³/mol. The molecule has 0 atom stereocenters. The van der Waals surface area contributed by atoms with Gasteiger partial charge in [-0.25, -0.2) is 4.98 Å². The number of aromatic nitrogens is 7. The molecule has 0 fully saturated rings. The van der Waals surface area contributed by atoms with E-state index in [0.717, 1.165) is 22.1 Å². The van der Waals surface area contributed by atoms with Crippen LogP contribution in [0.5, 0.6) is 0 Å². The largest absolute Gasteiger partial charge is 0.384 e. The average molecular weight is 372 g/mol. The van der Waals surface area contributed by atoms with E-state index in [-0.39, 0.29) is 5.56 Å². The standard InChI is InChI=1S/C19H16N8O/c20-16-7-14(17-18(23-16)25-26-24-17)5-12-8-22-27(10-12)9-11-1-2-13-3-4-21-19(28)15(13)6-11/h1-4,6-8,10H,5,9H2,(H,21,28)(H3,20,23,24,25,26). The van der Waals surface area contributed by atoms with Gasteiger partial charge in [-0.3, -0.25) is 9.48 Å². The van der Waals surface area contributed by atoms with Crippen molar-refractivity contribution in [2.45, 2.75) is 13.0 Å². The topological polar surface area (TPSA) is 131 Å². The molecule has 0 bridgehead atoms. The zero-order valence-corrected chi connectivity index (χ0v) is 14.8. The number of nitrogens with zero attached hydrogens (tertiary/aromatic N) is 5. The maximum Gasteiger partial charge on any atom is 0.255 e. The number of nitrogens with two attached hydrogens (primary N) is 1. The number of H-pyrrole nitrogens is 2. The lowest BCUT2D eigenvalue weighted by Gasteiger charge is -2.04. The summed E-state index contributed by atoms with van der Waals surface area (Å²) >= 11 is 0. The average Bonchev–Trinajstić information content (AvgIpc) is 3.32. The lowest BCUT2D eigenvalue weighted by atomic mass is 10.1. The summed E-state index contributed by atoms with van der Waals surface area (Å²) in [6, 6.07) is 9.55. The fraction of sp³-hybridized carbons (Fsp3) is 0.105. The Labute approximate surface area is 158 Å². The van der Waals surface area contributed by atoms with E-state index in [9.17, 15) is 4.79 Å². The maximum absolute atomic E-state index is 12.0. The Kier molecular flexibility index (Phi) is 3.64. The first-order valence-electron chi connectivity index (χ1n) is 8.73. The summed E-state index contributed by atoms with van der Waals surface area (Å²) in [7, 11) is 0. The van der Waals surface area contributed by atoms with Gasteiger partial charge in [-0.05, 0) is 40.3 Å². The van der Waals surface area contributed by atoms with Gasteiger partial charge in [-0.2, -0.15) is 15.4 Å². The van der Waals surface area contributed by atoms with Crippen molar-refractivity contribution in [1.29, 1.82) is 0 Å². The van der Waals surface area contributed by atoms with E-state index in [1.807, 2.05) is 41.3 Å². The van der Waals surface area contributed by atoms with Gasteiger partial charge in [0.1, 0.15) is 11.3 Å². The molecule has 5 aromatic rings. The van der Waals surface area contributed by atoms with E-state index in [1.54, 1.807) is 12.3 Å². The summed E-state index contributed by atoms with van der Waals surface area (Å²) in [5.74, 6) is 0.408. The molecule has 0 amide bonds. The Hall–Kier alpha value is -4.01. The second-order valence-electron chi connectivity index (χ2n) is 6.65. The summed E-state index contributed by atoms with van der Waals surface area (Å²) in [5.41, 5.74) is 9.94. The minimum absolute atomic E-state index is 0.0904. The van der Waals surface area contributed by atoms with Crippen LogP contribution in [0.4, 0.5) is 5.82 Å². The van der Waals surface area contributed by atoms with Crippen LogP contribution in [0.2, 0.25) is 0 Å². The minimum Gasteiger partial charge on any atom is -0.384 e. The van der Waals surface area contributed by atoms with Crippen molar-refractivity contribution >= 4 is 27.8 Å². The normalized spacial score (nSPS) is 11.4. The van der Waals surface area contributed by atoms with Crippen molar-refractivity contribution in [3.8, 4) is 0 Å². The Bertz CT molecular complexity index is 1360. The van der Waals surface area contributed by atoms with Crippen LogP contribution in [0.15, 0.2) is 53.7 Å². The van der Waals surface area contributed by atoms with E-state index in [2.05, 4.69) is 30.5 Å². The van der Waals surface area contributed by atoms with E-state index >= 15 is 0 Å². The summed E-state index contributed by atoms with van der Waals surface area (Å²) < 4.78 is 1.85. The number of anilines is 1. The quantitative estimate of drug-likeness (QED) is 0.439. The second-order valence-corrected chi connectivity index (χ2v) is 6.65. The first kappa shape index (κ1) is 16.2. The molecule has 0 saturated heterocycles. The number of pyridine rings is 2. The summed E-state index contributed by atoms with van der Waals surface area (Å²) in [5, 5.41) is 16.8. The number of nitrogen functional groups attached to an aromatic ring is 1. The molecule has 0 unspecified atom stereocenters. The molecule has 0 aliphatic carbocycles. The molecule has 0 aliphatic heterocycles. The van der Waals surface area contributed by atoms with Crippen LogP contribution in [0.25, 0.3) is 21.9 Å². The molecule has 9 nitrogen and oxygen atoms in total. The molecule has 0 spiro atoms. The zero-order valence-electron chi connectivity index (χ0n) is 14.8. The van der Waals surface area contributed by atoms with Crippen LogP contribution in [0.3, 0.4) is 0 Å². The fourth-order valence-corrected chi connectivity index (χ4v) is 3.37. The lowest BCUT2D eigenvalue weighted by Crippen LogP contribution is -2.06. The van der Waals surface area contributed by atoms with Gasteiger partial charge in [0.05, 0.1) is 12.7 Å². The number of rotatable bonds is 4. The molecule has 4 heterocycles. The van der Waals surface area contributed by atoms with E-state index in [0.29, 0.717) is 35.3 Å². The van der Waals surface area contributed by atoms with Gasteiger partial charge in [0.2, 0.25) is 5.65 Å². The van der Waals surface area contributed by atoms with Crippen molar-refractivity contribution in [2.75, 3.05) is 5.73 Å². The molecule has 1 aromatic carbocycles. The molecule has 4 N–H and O–H groups in total. The molecule has 138 valence electrons. The highest BCUT2D eigenvalue weighted by molar-refractivity contribution is 5.81. The van der Waals surface area contributed by atoms with Gasteiger partial charge in [0.15, 0.2) is 0 Å². The summed E-state index contributed by atoms with van der Waals surface area (Å²) in [6.45, 7) is 0.572. The number of hydrogen-bond acceptors (Lipinski definition) is 6. The van der Waals surface area contributed by atoms with Crippen LogP contribution in [0, 0.1) is 0 Å². The van der Waals surface area contributed by atoms with Gasteiger partial charge in [0, 0.05) is 24.2 Å². The van der Waals surface area contributed by atoms with Crippen molar-refractivity contribution in [3.05, 3.63) is 76.0 Å². The van der Waals surface area contributed by atoms with Crippen molar-refractivity contribution in [1.82, 2.24) is 35.2 Å². The Balaban J connectivity index is 1.41. The molecule has 0 saturated carbocycles. The highest BCUT2D eigenvalue weighted by atomic mass is 16.1. The molecule has 4 aromatic heterocycles. The van der Waals surface area contributed by atoms with Crippen LogP contribution < -0.4 is 11.3 Å². The second kappa shape index (κ2) is 6.31. The van der Waals surface area contributed by atoms with Crippen LogP contribution in [-0.4, -0.2) is 35.2 Å². The number of aromatic amines is 2. The predicted octanol–water partition coefficient (Wildman–Crippen LogP) is 1.61. The Morgan fingerprint density at radius 2 is 2.04 bits per heavy atom. The van der Waals surface area contributed by atoms with Crippen LogP contribution in [-0.2, 0) is 13.0 Å². The molecule has 5 rings (SSSR count). The Morgan fingerprint density at radius 1 is 1.11 bits per heavy atom. The van der Waals surface area contributed by atoms with E-state index < -0.39 is 0 Å². The third kappa shape index (κ3) is 2.88. The van der Waals surface area contributed by atoms with Crippen LogP contribution >= 0.6 is 0 Å². The fourth-order valence-electron chi connectivity index (χ4n) is 3.37. The first-order valence-corrected chi connectivity index (χ1v) is 8.73. The van der Waals surface area contributed by atoms with Gasteiger partial charge in [0.25, 0.3) is 5.56 Å². The smallest absolute Gasteiger partial charge is 0.255 e. The number of nitrogens with one attached hydrogen (secondary N) is 2. The van der Waals surface area contributed by atoms with E-state index in [4.69, 9.17) is 5.73 Å². The number of fused-ring (bicyclic) bond motifs is 2. The third-order valence-electron chi connectivity index (χ3n) is 4.66. The summed E-state index contributed by atoms with van der Waals surface area (Å²) in [4.78, 5) is 18.9. The molecule has 0 radical (unpaired) electrons.